The predicted octanol–water partition coefficient (Wildman–Crippen LogP) is 1.40. The molecule has 2 heterocycles. The average Bonchev–Trinajstić information content (AvgIpc) is 2.57. The molecule has 2 aliphatic rings. The summed E-state index contributed by atoms with van der Waals surface area (Å²) < 4.78 is 0. The first-order chi connectivity index (χ1) is 8.27. The molecule has 0 N–H and O–H groups in total. The minimum Gasteiger partial charge on any atom is -0.303 e. The van der Waals surface area contributed by atoms with Gasteiger partial charge < -0.3 is 4.90 Å². The van der Waals surface area contributed by atoms with Crippen LogP contribution in [0.2, 0.25) is 0 Å². The lowest BCUT2D eigenvalue weighted by atomic mass is 10.2. The molecule has 17 heavy (non-hydrogen) atoms. The molecule has 0 spiro atoms. The van der Waals surface area contributed by atoms with Crippen LogP contribution in [0.3, 0.4) is 0 Å². The first-order valence-electron chi connectivity index (χ1n) is 6.83. The van der Waals surface area contributed by atoms with Gasteiger partial charge in [-0.1, -0.05) is 12.8 Å². The molecule has 0 bridgehead atoms. The maximum atomic E-state index is 11.4. The summed E-state index contributed by atoms with van der Waals surface area (Å²) in [6.07, 6.45) is 7.05. The van der Waals surface area contributed by atoms with Crippen molar-refractivity contribution >= 4 is 11.8 Å². The fourth-order valence-corrected chi connectivity index (χ4v) is 2.68. The van der Waals surface area contributed by atoms with Gasteiger partial charge in [-0.25, -0.2) is 0 Å². The average molecular weight is 238 g/mol. The highest BCUT2D eigenvalue weighted by Crippen LogP contribution is 2.13. The number of likely N-dealkylation sites (tertiary alicyclic amines) is 2. The lowest BCUT2D eigenvalue weighted by Crippen LogP contribution is -2.33. The Morgan fingerprint density at radius 2 is 1.41 bits per heavy atom. The van der Waals surface area contributed by atoms with Gasteiger partial charge in [-0.05, 0) is 38.9 Å². The summed E-state index contributed by atoms with van der Waals surface area (Å²) in [6.45, 7) is 4.01. The zero-order valence-electron chi connectivity index (χ0n) is 10.5. The minimum atomic E-state index is 0.0193. The van der Waals surface area contributed by atoms with E-state index >= 15 is 0 Å². The summed E-state index contributed by atoms with van der Waals surface area (Å²) in [6, 6.07) is 0. The van der Waals surface area contributed by atoms with Crippen molar-refractivity contribution in [3.05, 3.63) is 0 Å². The second-order valence-electron chi connectivity index (χ2n) is 5.05. The van der Waals surface area contributed by atoms with Crippen molar-refractivity contribution in [2.24, 2.45) is 0 Å². The topological polar surface area (TPSA) is 40.6 Å². The van der Waals surface area contributed by atoms with Crippen molar-refractivity contribution in [1.82, 2.24) is 9.80 Å². The lowest BCUT2D eigenvalue weighted by molar-refractivity contribution is -0.138. The predicted molar refractivity (Wildman–Crippen MR) is 65.5 cm³/mol. The molecule has 2 fully saturated rings. The van der Waals surface area contributed by atoms with Crippen LogP contribution in [0.5, 0.6) is 0 Å². The van der Waals surface area contributed by atoms with Gasteiger partial charge in [-0.3, -0.25) is 14.5 Å². The van der Waals surface area contributed by atoms with Gasteiger partial charge in [-0.2, -0.15) is 0 Å². The molecule has 4 nitrogen and oxygen atoms in total. The summed E-state index contributed by atoms with van der Waals surface area (Å²) in [5, 5.41) is 0. The zero-order valence-corrected chi connectivity index (χ0v) is 10.5. The molecule has 0 saturated carbocycles. The van der Waals surface area contributed by atoms with Gasteiger partial charge >= 0.3 is 0 Å². The van der Waals surface area contributed by atoms with Crippen LogP contribution < -0.4 is 0 Å². The fraction of sp³-hybridized carbons (Fsp3) is 0.846. The van der Waals surface area contributed by atoms with Crippen molar-refractivity contribution in [2.75, 3.05) is 26.2 Å². The lowest BCUT2D eigenvalue weighted by Gasteiger charge is -2.21. The zero-order chi connectivity index (χ0) is 12.1. The number of amides is 2. The third-order valence-corrected chi connectivity index (χ3v) is 3.71. The van der Waals surface area contributed by atoms with E-state index in [-0.39, 0.29) is 11.8 Å². The van der Waals surface area contributed by atoms with Crippen molar-refractivity contribution in [1.29, 1.82) is 0 Å². The minimum absolute atomic E-state index is 0.0193. The molecule has 2 amide bonds. The van der Waals surface area contributed by atoms with E-state index in [1.54, 1.807) is 0 Å². The Kier molecular flexibility index (Phi) is 4.54. The Balaban J connectivity index is 1.68. The Hall–Kier alpha value is -0.900. The van der Waals surface area contributed by atoms with Gasteiger partial charge in [-0.15, -0.1) is 0 Å². The highest BCUT2D eigenvalue weighted by Gasteiger charge is 2.28. The van der Waals surface area contributed by atoms with Crippen molar-refractivity contribution in [2.45, 2.75) is 44.9 Å². The van der Waals surface area contributed by atoms with Gasteiger partial charge in [0.15, 0.2) is 0 Å². The van der Waals surface area contributed by atoms with Crippen molar-refractivity contribution in [3.63, 3.8) is 0 Å². The molecule has 0 radical (unpaired) electrons. The summed E-state index contributed by atoms with van der Waals surface area (Å²) in [5.74, 6) is 0.0386. The van der Waals surface area contributed by atoms with E-state index in [9.17, 15) is 9.59 Å². The maximum absolute atomic E-state index is 11.4. The van der Waals surface area contributed by atoms with Crippen molar-refractivity contribution < 1.29 is 9.59 Å². The molecule has 2 rings (SSSR count). The van der Waals surface area contributed by atoms with Crippen LogP contribution in [0.15, 0.2) is 0 Å². The first kappa shape index (κ1) is 12.6. The molecule has 0 atom stereocenters. The second kappa shape index (κ2) is 6.15. The van der Waals surface area contributed by atoms with Crippen LogP contribution in [-0.2, 0) is 9.59 Å². The number of carbonyl (C=O) groups is 2. The number of imide groups is 1. The van der Waals surface area contributed by atoms with Gasteiger partial charge in [0.2, 0.25) is 11.8 Å². The van der Waals surface area contributed by atoms with E-state index in [4.69, 9.17) is 0 Å². The highest BCUT2D eigenvalue weighted by molar-refractivity contribution is 6.01. The Morgan fingerprint density at radius 1 is 0.824 bits per heavy atom. The first-order valence-corrected chi connectivity index (χ1v) is 6.83. The fourth-order valence-electron chi connectivity index (χ4n) is 2.68. The number of hydrogen-bond acceptors (Lipinski definition) is 3. The molecule has 0 aliphatic carbocycles. The van der Waals surface area contributed by atoms with Gasteiger partial charge in [0.1, 0.15) is 0 Å². The van der Waals surface area contributed by atoms with E-state index in [2.05, 4.69) is 4.90 Å². The third-order valence-electron chi connectivity index (χ3n) is 3.71. The number of rotatable bonds is 4. The van der Waals surface area contributed by atoms with E-state index in [1.165, 1.54) is 43.7 Å². The highest BCUT2D eigenvalue weighted by atomic mass is 16.2. The van der Waals surface area contributed by atoms with Crippen molar-refractivity contribution in [3.8, 4) is 0 Å². The van der Waals surface area contributed by atoms with Crippen LogP contribution >= 0.6 is 0 Å². The van der Waals surface area contributed by atoms with Gasteiger partial charge in [0.05, 0.1) is 0 Å². The second-order valence-corrected chi connectivity index (χ2v) is 5.05. The van der Waals surface area contributed by atoms with E-state index in [0.717, 1.165) is 13.0 Å². The van der Waals surface area contributed by atoms with E-state index in [1.807, 2.05) is 0 Å². The van der Waals surface area contributed by atoms with Crippen LogP contribution in [-0.4, -0.2) is 47.8 Å². The molecule has 0 unspecified atom stereocenters. The molecule has 4 heteroatoms. The van der Waals surface area contributed by atoms with Crippen LogP contribution in [0.25, 0.3) is 0 Å². The Bertz CT molecular complexity index is 267. The standard InChI is InChI=1S/C13H22N2O2/c16-12-6-7-13(17)15(12)11-5-10-14-8-3-1-2-4-9-14/h1-11H2. The molecule has 0 aromatic rings. The maximum Gasteiger partial charge on any atom is 0.229 e. The SMILES string of the molecule is O=C1CCC(=O)N1CCCN1CCCCCC1. The van der Waals surface area contributed by atoms with Crippen LogP contribution in [0.4, 0.5) is 0 Å². The summed E-state index contributed by atoms with van der Waals surface area (Å²) >= 11 is 0. The van der Waals surface area contributed by atoms with Gasteiger partial charge in [0.25, 0.3) is 0 Å². The molecular formula is C13H22N2O2. The molecule has 2 aliphatic heterocycles. The summed E-state index contributed by atoms with van der Waals surface area (Å²) in [5.41, 5.74) is 0. The molecule has 96 valence electrons. The number of carbonyl (C=O) groups excluding carboxylic acids is 2. The summed E-state index contributed by atoms with van der Waals surface area (Å²) in [7, 11) is 0. The smallest absolute Gasteiger partial charge is 0.229 e. The van der Waals surface area contributed by atoms with Crippen LogP contribution in [0, 0.1) is 0 Å². The Labute approximate surface area is 103 Å². The number of nitrogens with zero attached hydrogens (tertiary/aromatic N) is 2. The third kappa shape index (κ3) is 3.53. The van der Waals surface area contributed by atoms with E-state index in [0.29, 0.717) is 19.4 Å². The van der Waals surface area contributed by atoms with E-state index < -0.39 is 0 Å². The van der Waals surface area contributed by atoms with Crippen LogP contribution in [0.1, 0.15) is 44.9 Å². The molecule has 2 saturated heterocycles. The normalized spacial score (nSPS) is 23.2. The number of hydrogen-bond donors (Lipinski definition) is 0. The Morgan fingerprint density at radius 3 is 2.00 bits per heavy atom. The van der Waals surface area contributed by atoms with Gasteiger partial charge in [0, 0.05) is 19.4 Å². The monoisotopic (exact) mass is 238 g/mol. The largest absolute Gasteiger partial charge is 0.303 e. The quantitative estimate of drug-likeness (QED) is 0.695. The molecule has 0 aromatic heterocycles. The summed E-state index contributed by atoms with van der Waals surface area (Å²) in [4.78, 5) is 26.7. The molecule has 0 aromatic carbocycles. The molecular weight excluding hydrogens is 216 g/mol.